The molecule has 0 N–H and O–H groups in total. The maximum Gasteiger partial charge on any atom is 0.312 e. The van der Waals surface area contributed by atoms with Crippen molar-refractivity contribution in [1.82, 2.24) is 0 Å². The van der Waals surface area contributed by atoms with Crippen LogP contribution >= 0.6 is 22.6 Å². The van der Waals surface area contributed by atoms with Crippen LogP contribution < -0.4 is 0 Å². The van der Waals surface area contributed by atoms with E-state index in [4.69, 9.17) is 0 Å². The van der Waals surface area contributed by atoms with Crippen molar-refractivity contribution in [2.75, 3.05) is 11.5 Å². The number of hydrogen-bond acceptors (Lipinski definition) is 2. The fourth-order valence-electron chi connectivity index (χ4n) is 0.760. The number of rotatable bonds is 2. The highest BCUT2D eigenvalue weighted by atomic mass is 127. The van der Waals surface area contributed by atoms with Crippen molar-refractivity contribution in [3.05, 3.63) is 0 Å². The van der Waals surface area contributed by atoms with Gasteiger partial charge in [0.2, 0.25) is 0 Å². The van der Waals surface area contributed by atoms with Gasteiger partial charge < -0.3 is 4.74 Å². The second-order valence-electron chi connectivity index (χ2n) is 2.41. The lowest BCUT2D eigenvalue weighted by Crippen LogP contribution is -2.18. The lowest BCUT2D eigenvalue weighted by atomic mass is 10.1. The van der Waals surface area contributed by atoms with E-state index in [1.165, 1.54) is 7.11 Å². The summed E-state index contributed by atoms with van der Waals surface area (Å²) >= 11 is 2.23. The number of alkyl halides is 1. The Morgan fingerprint density at radius 1 is 1.78 bits per heavy atom. The quantitative estimate of drug-likeness (QED) is 0.414. The standard InChI is InChI=1S/C6H9IO2/c1-9-5(8)6(4-7)2-3-6/h2-4H2,1H3. The molecule has 1 aliphatic carbocycles. The Morgan fingerprint density at radius 3 is 2.44 bits per heavy atom. The summed E-state index contributed by atoms with van der Waals surface area (Å²) in [6.45, 7) is 0. The zero-order valence-corrected chi connectivity index (χ0v) is 7.47. The Morgan fingerprint density at radius 2 is 2.33 bits per heavy atom. The molecule has 0 heterocycles. The first-order valence-electron chi connectivity index (χ1n) is 2.89. The minimum atomic E-state index is -0.0741. The van der Waals surface area contributed by atoms with Gasteiger partial charge in [-0.1, -0.05) is 22.6 Å². The summed E-state index contributed by atoms with van der Waals surface area (Å²) in [5.41, 5.74) is -0.0741. The van der Waals surface area contributed by atoms with Crippen molar-refractivity contribution in [2.45, 2.75) is 12.8 Å². The van der Waals surface area contributed by atoms with Crippen LogP contribution in [-0.2, 0) is 9.53 Å². The second kappa shape index (κ2) is 2.44. The summed E-state index contributed by atoms with van der Waals surface area (Å²) in [5, 5.41) is 0. The topological polar surface area (TPSA) is 26.3 Å². The predicted octanol–water partition coefficient (Wildman–Crippen LogP) is 1.37. The molecule has 3 heteroatoms. The molecule has 0 aliphatic heterocycles. The zero-order valence-electron chi connectivity index (χ0n) is 5.32. The fraction of sp³-hybridized carbons (Fsp3) is 0.833. The van der Waals surface area contributed by atoms with E-state index in [-0.39, 0.29) is 11.4 Å². The van der Waals surface area contributed by atoms with Gasteiger partial charge in [-0.25, -0.2) is 0 Å². The van der Waals surface area contributed by atoms with E-state index in [1.54, 1.807) is 0 Å². The molecule has 0 radical (unpaired) electrons. The van der Waals surface area contributed by atoms with E-state index < -0.39 is 0 Å². The molecule has 1 saturated carbocycles. The highest BCUT2D eigenvalue weighted by Crippen LogP contribution is 2.47. The Balaban J connectivity index is 2.49. The van der Waals surface area contributed by atoms with Crippen molar-refractivity contribution >= 4 is 28.6 Å². The van der Waals surface area contributed by atoms with E-state index >= 15 is 0 Å². The Kier molecular flexibility index (Phi) is 1.98. The normalized spacial score (nSPS) is 21.1. The van der Waals surface area contributed by atoms with Gasteiger partial charge in [0.15, 0.2) is 0 Å². The molecule has 0 aromatic heterocycles. The summed E-state index contributed by atoms with van der Waals surface area (Å²) in [5.74, 6) is -0.0306. The summed E-state index contributed by atoms with van der Waals surface area (Å²) in [6, 6.07) is 0. The van der Waals surface area contributed by atoms with Gasteiger partial charge in [-0.2, -0.15) is 0 Å². The molecular formula is C6H9IO2. The van der Waals surface area contributed by atoms with E-state index in [9.17, 15) is 4.79 Å². The van der Waals surface area contributed by atoms with Crippen LogP contribution in [0.1, 0.15) is 12.8 Å². The Labute approximate surface area is 68.1 Å². The van der Waals surface area contributed by atoms with Crippen LogP contribution in [0.25, 0.3) is 0 Å². The molecule has 0 spiro atoms. The van der Waals surface area contributed by atoms with Crippen molar-refractivity contribution in [3.63, 3.8) is 0 Å². The molecule has 1 fully saturated rings. The van der Waals surface area contributed by atoms with Crippen LogP contribution in [0.5, 0.6) is 0 Å². The van der Waals surface area contributed by atoms with Gasteiger partial charge in [0.1, 0.15) is 0 Å². The molecule has 2 nitrogen and oxygen atoms in total. The number of hydrogen-bond donors (Lipinski definition) is 0. The molecule has 52 valence electrons. The molecule has 1 rings (SSSR count). The third-order valence-corrected chi connectivity index (χ3v) is 3.19. The average molecular weight is 240 g/mol. The van der Waals surface area contributed by atoms with Crippen LogP contribution in [0.4, 0.5) is 0 Å². The largest absolute Gasteiger partial charge is 0.469 e. The van der Waals surface area contributed by atoms with Crippen LogP contribution in [0.2, 0.25) is 0 Å². The number of methoxy groups -OCH3 is 1. The zero-order chi connectivity index (χ0) is 6.91. The van der Waals surface area contributed by atoms with E-state index in [0.717, 1.165) is 17.3 Å². The summed E-state index contributed by atoms with van der Waals surface area (Å²) in [6.07, 6.45) is 2.03. The lowest BCUT2D eigenvalue weighted by Gasteiger charge is -2.06. The SMILES string of the molecule is COC(=O)C1(CI)CC1. The third-order valence-electron chi connectivity index (χ3n) is 1.73. The smallest absolute Gasteiger partial charge is 0.312 e. The minimum Gasteiger partial charge on any atom is -0.469 e. The highest BCUT2D eigenvalue weighted by molar-refractivity contribution is 14.1. The number of carbonyl (C=O) groups excluding carboxylic acids is 1. The Hall–Kier alpha value is 0.200. The monoisotopic (exact) mass is 240 g/mol. The second-order valence-corrected chi connectivity index (χ2v) is 3.17. The average Bonchev–Trinajstić information content (AvgIpc) is 2.66. The fourth-order valence-corrected chi connectivity index (χ4v) is 1.83. The minimum absolute atomic E-state index is 0.0306. The van der Waals surface area contributed by atoms with Crippen LogP contribution in [0, 0.1) is 5.41 Å². The first kappa shape index (κ1) is 7.31. The molecule has 9 heavy (non-hydrogen) atoms. The molecular weight excluding hydrogens is 231 g/mol. The van der Waals surface area contributed by atoms with Gasteiger partial charge in [0, 0.05) is 4.43 Å². The number of ether oxygens (including phenoxy) is 1. The molecule has 0 saturated heterocycles. The van der Waals surface area contributed by atoms with Crippen LogP contribution in [-0.4, -0.2) is 17.5 Å². The molecule has 0 atom stereocenters. The number of halogens is 1. The van der Waals surface area contributed by atoms with Gasteiger partial charge in [-0.3, -0.25) is 4.79 Å². The Bertz CT molecular complexity index is 129. The summed E-state index contributed by atoms with van der Waals surface area (Å²) in [4.78, 5) is 10.9. The van der Waals surface area contributed by atoms with Crippen LogP contribution in [0.15, 0.2) is 0 Å². The van der Waals surface area contributed by atoms with Gasteiger partial charge >= 0.3 is 5.97 Å². The van der Waals surface area contributed by atoms with E-state index in [2.05, 4.69) is 27.3 Å². The first-order chi connectivity index (χ1) is 4.25. The molecule has 0 amide bonds. The van der Waals surface area contributed by atoms with Crippen molar-refractivity contribution < 1.29 is 9.53 Å². The predicted molar refractivity (Wildman–Crippen MR) is 42.6 cm³/mol. The van der Waals surface area contributed by atoms with Crippen molar-refractivity contribution in [2.24, 2.45) is 5.41 Å². The van der Waals surface area contributed by atoms with Gasteiger partial charge in [0.05, 0.1) is 12.5 Å². The van der Waals surface area contributed by atoms with E-state index in [0.29, 0.717) is 0 Å². The van der Waals surface area contributed by atoms with Crippen molar-refractivity contribution in [1.29, 1.82) is 0 Å². The van der Waals surface area contributed by atoms with E-state index in [1.807, 2.05) is 0 Å². The van der Waals surface area contributed by atoms with Gasteiger partial charge in [-0.15, -0.1) is 0 Å². The van der Waals surface area contributed by atoms with Crippen molar-refractivity contribution in [3.8, 4) is 0 Å². The summed E-state index contributed by atoms with van der Waals surface area (Å²) < 4.78 is 5.52. The lowest BCUT2D eigenvalue weighted by molar-refractivity contribution is -0.145. The molecule has 0 bridgehead atoms. The summed E-state index contributed by atoms with van der Waals surface area (Å²) in [7, 11) is 1.45. The number of esters is 1. The maximum absolute atomic E-state index is 10.9. The highest BCUT2D eigenvalue weighted by Gasteiger charge is 2.49. The van der Waals surface area contributed by atoms with Gasteiger partial charge in [0.25, 0.3) is 0 Å². The van der Waals surface area contributed by atoms with Crippen LogP contribution in [0.3, 0.4) is 0 Å². The molecule has 1 aliphatic rings. The maximum atomic E-state index is 10.9. The van der Waals surface area contributed by atoms with Gasteiger partial charge in [-0.05, 0) is 12.8 Å². The number of carbonyl (C=O) groups is 1. The third kappa shape index (κ3) is 1.20. The molecule has 0 aromatic carbocycles. The first-order valence-corrected chi connectivity index (χ1v) is 4.42. The molecule has 0 unspecified atom stereocenters. The molecule has 0 aromatic rings.